The smallest absolute Gasteiger partial charge is 0.119 e. The molecule has 2 N–H and O–H groups in total. The van der Waals surface area contributed by atoms with Gasteiger partial charge in [0, 0.05) is 26.2 Å². The Morgan fingerprint density at radius 3 is 1.79 bits per heavy atom. The van der Waals surface area contributed by atoms with Crippen LogP contribution in [0.1, 0.15) is 35.8 Å². The molecule has 2 atom stereocenters. The lowest BCUT2D eigenvalue weighted by atomic mass is 10.1. The van der Waals surface area contributed by atoms with Crippen LogP contribution in [0, 0.1) is 0 Å². The Bertz CT molecular complexity index is 855. The van der Waals surface area contributed by atoms with Crippen molar-refractivity contribution >= 4 is 0 Å². The van der Waals surface area contributed by atoms with E-state index in [9.17, 15) is 10.2 Å². The number of nitrogens with zero attached hydrogens (tertiary/aromatic N) is 1. The first-order valence-corrected chi connectivity index (χ1v) is 11.6. The van der Waals surface area contributed by atoms with Crippen molar-refractivity contribution < 1.29 is 19.7 Å². The van der Waals surface area contributed by atoms with Gasteiger partial charge in [0.15, 0.2) is 0 Å². The van der Waals surface area contributed by atoms with Gasteiger partial charge in [-0.2, -0.15) is 0 Å². The third-order valence-corrected chi connectivity index (χ3v) is 5.57. The second-order valence-electron chi connectivity index (χ2n) is 8.05. The summed E-state index contributed by atoms with van der Waals surface area (Å²) in [5.41, 5.74) is 2.94. The van der Waals surface area contributed by atoms with Crippen molar-refractivity contribution in [2.45, 2.75) is 25.6 Å². The van der Waals surface area contributed by atoms with Gasteiger partial charge < -0.3 is 19.7 Å². The molecule has 176 valence electrons. The van der Waals surface area contributed by atoms with E-state index in [2.05, 4.69) is 17.0 Å². The Hall–Kier alpha value is -2.70. The molecular weight excluding hydrogens is 414 g/mol. The van der Waals surface area contributed by atoms with E-state index in [1.54, 1.807) is 0 Å². The Balaban J connectivity index is 1.59. The number of benzene rings is 3. The zero-order valence-electron chi connectivity index (χ0n) is 19.3. The zero-order chi connectivity index (χ0) is 23.3. The molecule has 3 aromatic carbocycles. The summed E-state index contributed by atoms with van der Waals surface area (Å²) in [7, 11) is 0. The Labute approximate surface area is 197 Å². The van der Waals surface area contributed by atoms with Gasteiger partial charge in [-0.15, -0.1) is 0 Å². The van der Waals surface area contributed by atoms with E-state index in [1.807, 2.05) is 79.7 Å². The minimum absolute atomic E-state index is 0.451. The Morgan fingerprint density at radius 2 is 1.27 bits per heavy atom. The van der Waals surface area contributed by atoms with E-state index in [1.165, 1.54) is 5.56 Å². The van der Waals surface area contributed by atoms with Crippen molar-refractivity contribution in [3.63, 3.8) is 0 Å². The Kier molecular flexibility index (Phi) is 10.4. The van der Waals surface area contributed by atoms with Gasteiger partial charge in [0.25, 0.3) is 0 Å². The van der Waals surface area contributed by atoms with Crippen LogP contribution in [0.2, 0.25) is 0 Å². The van der Waals surface area contributed by atoms with Crippen molar-refractivity contribution in [2.24, 2.45) is 0 Å². The van der Waals surface area contributed by atoms with Gasteiger partial charge in [0.1, 0.15) is 12.4 Å². The molecule has 0 radical (unpaired) electrons. The molecule has 0 saturated carbocycles. The average Bonchev–Trinajstić information content (AvgIpc) is 2.87. The fraction of sp³-hybridized carbons (Fsp3) is 0.357. The van der Waals surface area contributed by atoms with Crippen LogP contribution in [0.25, 0.3) is 0 Å². The molecule has 0 aliphatic carbocycles. The quantitative estimate of drug-likeness (QED) is 0.357. The topological polar surface area (TPSA) is 62.2 Å². The Morgan fingerprint density at radius 1 is 0.727 bits per heavy atom. The molecule has 0 saturated heterocycles. The minimum Gasteiger partial charge on any atom is -0.491 e. The molecule has 0 aromatic heterocycles. The summed E-state index contributed by atoms with van der Waals surface area (Å²) < 4.78 is 11.0. The van der Waals surface area contributed by atoms with Gasteiger partial charge in [0.2, 0.25) is 0 Å². The molecule has 33 heavy (non-hydrogen) atoms. The standard InChI is InChI=1S/C28H35NO4/c1-2-32-19-20-33-26-15-13-23(14-16-26)17-18-29(21-27(30)24-9-5-3-6-10-24)22-28(31)25-11-7-4-8-12-25/h3-16,27-28,30-31H,2,17-22H2,1H3/t27-,28?/m0/s1. The van der Waals surface area contributed by atoms with Gasteiger partial charge in [0.05, 0.1) is 18.8 Å². The first kappa shape index (κ1) is 24.9. The summed E-state index contributed by atoms with van der Waals surface area (Å²) in [5.74, 6) is 0.828. The lowest BCUT2D eigenvalue weighted by Crippen LogP contribution is -2.34. The lowest BCUT2D eigenvalue weighted by molar-refractivity contribution is 0.0694. The predicted molar refractivity (Wildman–Crippen MR) is 131 cm³/mol. The molecule has 0 fully saturated rings. The summed E-state index contributed by atoms with van der Waals surface area (Å²) >= 11 is 0. The van der Waals surface area contributed by atoms with Crippen LogP contribution in [0.5, 0.6) is 5.75 Å². The van der Waals surface area contributed by atoms with Crippen molar-refractivity contribution in [2.75, 3.05) is 39.5 Å². The van der Waals surface area contributed by atoms with Crippen LogP contribution in [-0.2, 0) is 11.2 Å². The van der Waals surface area contributed by atoms with Gasteiger partial charge >= 0.3 is 0 Å². The largest absolute Gasteiger partial charge is 0.491 e. The number of rotatable bonds is 14. The molecule has 0 heterocycles. The van der Waals surface area contributed by atoms with Crippen molar-refractivity contribution in [3.05, 3.63) is 102 Å². The lowest BCUT2D eigenvalue weighted by Gasteiger charge is -2.28. The third-order valence-electron chi connectivity index (χ3n) is 5.57. The van der Waals surface area contributed by atoms with E-state index >= 15 is 0 Å². The summed E-state index contributed by atoms with van der Waals surface area (Å²) in [6.07, 6.45) is -0.423. The molecular formula is C28H35NO4. The van der Waals surface area contributed by atoms with Gasteiger partial charge in [-0.1, -0.05) is 72.8 Å². The van der Waals surface area contributed by atoms with E-state index < -0.39 is 12.2 Å². The zero-order valence-corrected chi connectivity index (χ0v) is 19.3. The molecule has 0 amide bonds. The van der Waals surface area contributed by atoms with Crippen LogP contribution < -0.4 is 4.74 Å². The van der Waals surface area contributed by atoms with Crippen LogP contribution >= 0.6 is 0 Å². The van der Waals surface area contributed by atoms with Crippen LogP contribution in [0.15, 0.2) is 84.9 Å². The van der Waals surface area contributed by atoms with E-state index in [-0.39, 0.29) is 0 Å². The fourth-order valence-electron chi connectivity index (χ4n) is 3.71. The van der Waals surface area contributed by atoms with Crippen LogP contribution in [0.3, 0.4) is 0 Å². The van der Waals surface area contributed by atoms with Crippen molar-refractivity contribution in [3.8, 4) is 5.75 Å². The van der Waals surface area contributed by atoms with E-state index in [0.717, 1.165) is 29.8 Å². The van der Waals surface area contributed by atoms with Crippen molar-refractivity contribution in [1.29, 1.82) is 0 Å². The molecule has 0 aliphatic heterocycles. The number of hydrogen-bond acceptors (Lipinski definition) is 5. The first-order chi connectivity index (χ1) is 16.2. The summed E-state index contributed by atoms with van der Waals surface area (Å²) in [5, 5.41) is 21.6. The highest BCUT2D eigenvalue weighted by molar-refractivity contribution is 5.27. The molecule has 0 spiro atoms. The average molecular weight is 450 g/mol. The molecule has 5 nitrogen and oxygen atoms in total. The maximum Gasteiger partial charge on any atom is 0.119 e. The number of hydrogen-bond donors (Lipinski definition) is 2. The summed E-state index contributed by atoms with van der Waals surface area (Å²) in [4.78, 5) is 2.13. The third kappa shape index (κ3) is 8.63. The molecule has 3 rings (SSSR count). The SMILES string of the molecule is CCOCCOc1ccc(CCN(CC(O)c2ccccc2)C[C@H](O)c2ccccc2)cc1. The highest BCUT2D eigenvalue weighted by Gasteiger charge is 2.18. The molecule has 5 heteroatoms. The number of ether oxygens (including phenoxy) is 2. The molecule has 3 aromatic rings. The van der Waals surface area contributed by atoms with Gasteiger partial charge in [-0.05, 0) is 42.2 Å². The normalized spacial score (nSPS) is 13.1. The predicted octanol–water partition coefficient (Wildman–Crippen LogP) is 4.41. The molecule has 0 aliphatic rings. The maximum atomic E-state index is 10.8. The monoisotopic (exact) mass is 449 g/mol. The molecule has 0 bridgehead atoms. The minimum atomic E-state index is -0.615. The van der Waals surface area contributed by atoms with E-state index in [4.69, 9.17) is 9.47 Å². The maximum absolute atomic E-state index is 10.8. The first-order valence-electron chi connectivity index (χ1n) is 11.6. The van der Waals surface area contributed by atoms with Gasteiger partial charge in [-0.25, -0.2) is 0 Å². The van der Waals surface area contributed by atoms with Crippen LogP contribution in [-0.4, -0.2) is 54.6 Å². The highest BCUT2D eigenvalue weighted by Crippen LogP contribution is 2.19. The number of aliphatic hydroxyl groups is 2. The van der Waals surface area contributed by atoms with Crippen molar-refractivity contribution in [1.82, 2.24) is 4.90 Å². The fourth-order valence-corrected chi connectivity index (χ4v) is 3.71. The summed E-state index contributed by atoms with van der Waals surface area (Å²) in [6.45, 7) is 5.40. The number of aliphatic hydroxyl groups excluding tert-OH is 2. The highest BCUT2D eigenvalue weighted by atomic mass is 16.5. The second-order valence-corrected chi connectivity index (χ2v) is 8.05. The van der Waals surface area contributed by atoms with Gasteiger partial charge in [-0.3, -0.25) is 4.90 Å². The second kappa shape index (κ2) is 13.8. The van der Waals surface area contributed by atoms with Crippen LogP contribution in [0.4, 0.5) is 0 Å². The van der Waals surface area contributed by atoms with E-state index in [0.29, 0.717) is 32.9 Å². The summed E-state index contributed by atoms with van der Waals surface area (Å²) in [6, 6.07) is 27.4. The molecule has 1 unspecified atom stereocenters.